The minimum Gasteiger partial charge on any atom is -0.464 e. The molecule has 4 aromatic carbocycles. The van der Waals surface area contributed by atoms with Crippen LogP contribution in [0, 0.1) is 5.92 Å². The number of para-hydroxylation sites is 1. The van der Waals surface area contributed by atoms with Gasteiger partial charge in [-0.05, 0) is 60.9 Å². The predicted molar refractivity (Wildman–Crippen MR) is 158 cm³/mol. The third-order valence-corrected chi connectivity index (χ3v) is 7.51. The van der Waals surface area contributed by atoms with E-state index in [0.717, 1.165) is 59.4 Å². The Bertz CT molecular complexity index is 1590. The zero-order valence-electron chi connectivity index (χ0n) is 22.6. The standard InChI is InChI=1S/C35H32N2O3/c1-25(38)40-32-19-11-16-29-24-26(20-21-31(29)32)22-23-39-35-36-33(27-12-5-2-6-13-27)34(28-14-7-3-8-15-28)37(35)30-17-9-4-10-18-30/h2-19,26H,20-24H2,1H3. The number of nitrogens with zero attached hydrogens (tertiary/aromatic N) is 2. The van der Waals surface area contributed by atoms with E-state index in [1.165, 1.54) is 12.5 Å². The first-order valence-corrected chi connectivity index (χ1v) is 13.9. The van der Waals surface area contributed by atoms with Crippen molar-refractivity contribution in [1.29, 1.82) is 0 Å². The summed E-state index contributed by atoms with van der Waals surface area (Å²) in [5.74, 6) is 0.913. The monoisotopic (exact) mass is 528 g/mol. The van der Waals surface area contributed by atoms with E-state index in [2.05, 4.69) is 59.2 Å². The Balaban J connectivity index is 1.29. The van der Waals surface area contributed by atoms with Crippen LogP contribution in [0.2, 0.25) is 0 Å². The third kappa shape index (κ3) is 5.41. The van der Waals surface area contributed by atoms with Crippen LogP contribution < -0.4 is 9.47 Å². The fourth-order valence-corrected chi connectivity index (χ4v) is 5.63. The number of ether oxygens (including phenoxy) is 2. The maximum Gasteiger partial charge on any atom is 0.308 e. The number of rotatable bonds is 8. The van der Waals surface area contributed by atoms with Crippen molar-refractivity contribution >= 4 is 5.97 Å². The van der Waals surface area contributed by atoms with Crippen LogP contribution in [0.4, 0.5) is 0 Å². The van der Waals surface area contributed by atoms with Gasteiger partial charge in [0.15, 0.2) is 0 Å². The first kappa shape index (κ1) is 25.6. The molecule has 0 bridgehead atoms. The van der Waals surface area contributed by atoms with Gasteiger partial charge >= 0.3 is 12.0 Å². The number of benzene rings is 4. The van der Waals surface area contributed by atoms with E-state index in [-0.39, 0.29) is 5.97 Å². The molecule has 40 heavy (non-hydrogen) atoms. The SMILES string of the molecule is CC(=O)Oc1cccc2c1CCC(CCOc1nc(-c3ccccc3)c(-c3ccccc3)n1-c1ccccc1)C2. The fraction of sp³-hybridized carbons (Fsp3) is 0.200. The molecular weight excluding hydrogens is 496 g/mol. The second-order valence-electron chi connectivity index (χ2n) is 10.2. The van der Waals surface area contributed by atoms with Gasteiger partial charge in [-0.15, -0.1) is 0 Å². The van der Waals surface area contributed by atoms with E-state index in [1.54, 1.807) is 0 Å². The van der Waals surface area contributed by atoms with Gasteiger partial charge in [0.1, 0.15) is 11.4 Å². The molecule has 1 aromatic heterocycles. The van der Waals surface area contributed by atoms with Crippen LogP contribution in [-0.4, -0.2) is 22.1 Å². The topological polar surface area (TPSA) is 53.4 Å². The lowest BCUT2D eigenvalue weighted by atomic mass is 9.82. The van der Waals surface area contributed by atoms with Crippen molar-refractivity contribution < 1.29 is 14.3 Å². The maximum atomic E-state index is 11.5. The van der Waals surface area contributed by atoms with Crippen molar-refractivity contribution in [1.82, 2.24) is 9.55 Å². The van der Waals surface area contributed by atoms with E-state index in [0.29, 0.717) is 24.3 Å². The fourth-order valence-electron chi connectivity index (χ4n) is 5.63. The maximum absolute atomic E-state index is 11.5. The van der Waals surface area contributed by atoms with Crippen LogP contribution in [0.25, 0.3) is 28.2 Å². The molecule has 1 aliphatic rings. The molecule has 5 heteroatoms. The van der Waals surface area contributed by atoms with Crippen LogP contribution in [0.3, 0.4) is 0 Å². The van der Waals surface area contributed by atoms with E-state index < -0.39 is 0 Å². The van der Waals surface area contributed by atoms with Crippen LogP contribution >= 0.6 is 0 Å². The highest BCUT2D eigenvalue weighted by molar-refractivity contribution is 5.81. The van der Waals surface area contributed by atoms with Crippen LogP contribution in [0.5, 0.6) is 11.8 Å². The summed E-state index contributed by atoms with van der Waals surface area (Å²) in [6.07, 6.45) is 3.80. The molecule has 0 N–H and O–H groups in total. The second-order valence-corrected chi connectivity index (χ2v) is 10.2. The van der Waals surface area contributed by atoms with Crippen LogP contribution in [0.15, 0.2) is 109 Å². The summed E-state index contributed by atoms with van der Waals surface area (Å²) in [6.45, 7) is 2.02. The number of hydrogen-bond donors (Lipinski definition) is 0. The minimum absolute atomic E-state index is 0.275. The molecule has 0 fully saturated rings. The molecule has 200 valence electrons. The van der Waals surface area contributed by atoms with Gasteiger partial charge < -0.3 is 9.47 Å². The molecule has 5 aromatic rings. The Morgan fingerprint density at radius 1 is 0.850 bits per heavy atom. The molecule has 0 spiro atoms. The number of aromatic nitrogens is 2. The summed E-state index contributed by atoms with van der Waals surface area (Å²) in [6, 6.07) is 37.6. The first-order chi connectivity index (χ1) is 19.7. The highest BCUT2D eigenvalue weighted by Crippen LogP contribution is 2.38. The lowest BCUT2D eigenvalue weighted by Crippen LogP contribution is -2.18. The Labute approximate surface area is 235 Å². The van der Waals surface area contributed by atoms with Gasteiger partial charge in [0, 0.05) is 18.1 Å². The zero-order chi connectivity index (χ0) is 27.3. The molecular formula is C35H32N2O3. The van der Waals surface area contributed by atoms with Crippen LogP contribution in [-0.2, 0) is 17.6 Å². The van der Waals surface area contributed by atoms with Crippen LogP contribution in [0.1, 0.15) is 30.9 Å². The summed E-state index contributed by atoms with van der Waals surface area (Å²) in [5, 5.41) is 0. The summed E-state index contributed by atoms with van der Waals surface area (Å²) in [7, 11) is 0. The highest BCUT2D eigenvalue weighted by Gasteiger charge is 2.25. The molecule has 6 rings (SSSR count). The molecule has 0 saturated heterocycles. The van der Waals surface area contributed by atoms with E-state index in [4.69, 9.17) is 14.5 Å². The Hall–Kier alpha value is -4.64. The van der Waals surface area contributed by atoms with Crippen molar-refractivity contribution in [2.45, 2.75) is 32.6 Å². The van der Waals surface area contributed by atoms with Gasteiger partial charge in [-0.1, -0.05) is 91.0 Å². The summed E-state index contributed by atoms with van der Waals surface area (Å²) in [4.78, 5) is 16.6. The average Bonchev–Trinajstić information content (AvgIpc) is 3.38. The zero-order valence-corrected chi connectivity index (χ0v) is 22.6. The number of hydrogen-bond acceptors (Lipinski definition) is 4. The smallest absolute Gasteiger partial charge is 0.308 e. The number of fused-ring (bicyclic) bond motifs is 1. The molecule has 0 saturated carbocycles. The minimum atomic E-state index is -0.275. The predicted octanol–water partition coefficient (Wildman–Crippen LogP) is 7.71. The molecule has 1 aliphatic carbocycles. The van der Waals surface area contributed by atoms with Gasteiger partial charge in [-0.3, -0.25) is 9.36 Å². The average molecular weight is 529 g/mol. The third-order valence-electron chi connectivity index (χ3n) is 7.51. The summed E-state index contributed by atoms with van der Waals surface area (Å²) >= 11 is 0. The molecule has 1 unspecified atom stereocenters. The number of imidazole rings is 1. The normalized spacial score (nSPS) is 14.4. The number of carbonyl (C=O) groups excluding carboxylic acids is 1. The molecule has 0 radical (unpaired) electrons. The molecule has 1 atom stereocenters. The molecule has 0 amide bonds. The van der Waals surface area contributed by atoms with Gasteiger partial charge in [-0.2, -0.15) is 4.98 Å². The van der Waals surface area contributed by atoms with E-state index in [9.17, 15) is 4.79 Å². The van der Waals surface area contributed by atoms with Crippen molar-refractivity contribution in [3.8, 4) is 40.0 Å². The summed E-state index contributed by atoms with van der Waals surface area (Å²) in [5.41, 5.74) is 7.48. The van der Waals surface area contributed by atoms with Crippen molar-refractivity contribution in [2.75, 3.05) is 6.61 Å². The number of carbonyl (C=O) groups is 1. The van der Waals surface area contributed by atoms with Gasteiger partial charge in [0.05, 0.1) is 18.0 Å². The quantitative estimate of drug-likeness (QED) is 0.153. The van der Waals surface area contributed by atoms with E-state index in [1.807, 2.05) is 54.6 Å². The Kier molecular flexibility index (Phi) is 7.45. The number of esters is 1. The Morgan fingerprint density at radius 3 is 2.23 bits per heavy atom. The van der Waals surface area contributed by atoms with Gasteiger partial charge in [-0.25, -0.2) is 0 Å². The van der Waals surface area contributed by atoms with Gasteiger partial charge in [0.2, 0.25) is 0 Å². The van der Waals surface area contributed by atoms with Crippen molar-refractivity contribution in [3.05, 3.63) is 120 Å². The highest BCUT2D eigenvalue weighted by atomic mass is 16.5. The van der Waals surface area contributed by atoms with Crippen molar-refractivity contribution in [3.63, 3.8) is 0 Å². The second kappa shape index (κ2) is 11.6. The lowest BCUT2D eigenvalue weighted by Gasteiger charge is -2.26. The van der Waals surface area contributed by atoms with Gasteiger partial charge in [0.25, 0.3) is 0 Å². The molecule has 0 aliphatic heterocycles. The molecule has 5 nitrogen and oxygen atoms in total. The first-order valence-electron chi connectivity index (χ1n) is 13.9. The lowest BCUT2D eigenvalue weighted by molar-refractivity contribution is -0.131. The Morgan fingerprint density at radius 2 is 1.52 bits per heavy atom. The van der Waals surface area contributed by atoms with Crippen molar-refractivity contribution in [2.24, 2.45) is 5.92 Å². The largest absolute Gasteiger partial charge is 0.464 e. The van der Waals surface area contributed by atoms with E-state index >= 15 is 0 Å². The summed E-state index contributed by atoms with van der Waals surface area (Å²) < 4.78 is 14.1. The molecule has 1 heterocycles.